The Bertz CT molecular complexity index is 606. The maximum absolute atomic E-state index is 13.8. The van der Waals surface area contributed by atoms with E-state index >= 15 is 0 Å². The number of alkyl halides is 3. The van der Waals surface area contributed by atoms with Crippen LogP contribution in [-0.4, -0.2) is 24.8 Å². The molecule has 1 atom stereocenters. The molecule has 1 aliphatic heterocycles. The van der Waals surface area contributed by atoms with Crippen molar-refractivity contribution in [2.24, 2.45) is 4.99 Å². The van der Waals surface area contributed by atoms with Crippen LogP contribution >= 0.6 is 0 Å². The number of halogens is 4. The standard InChI is InChI=1S/C12H13F4N3O2/c1-4-7-8(6(2)21-19-7)11(20-3)9(12(14,15)16)10(13)17-5-18-11/h5H,4H2,1-3H3,(H,17,18). The molecule has 1 unspecified atom stereocenters. The highest BCUT2D eigenvalue weighted by atomic mass is 19.4. The van der Waals surface area contributed by atoms with Crippen molar-refractivity contribution in [3.63, 3.8) is 0 Å². The van der Waals surface area contributed by atoms with Gasteiger partial charge in [-0.15, -0.1) is 0 Å². The number of methoxy groups -OCH3 is 1. The molecule has 0 aliphatic carbocycles. The molecule has 1 aromatic heterocycles. The summed E-state index contributed by atoms with van der Waals surface area (Å²) in [5.41, 5.74) is -3.60. The van der Waals surface area contributed by atoms with Crippen molar-refractivity contribution in [1.29, 1.82) is 0 Å². The smallest absolute Gasteiger partial charge is 0.361 e. The molecule has 0 radical (unpaired) electrons. The third-order valence-electron chi connectivity index (χ3n) is 3.21. The van der Waals surface area contributed by atoms with E-state index in [1.807, 2.05) is 0 Å². The number of aryl methyl sites for hydroxylation is 2. The zero-order chi connectivity index (χ0) is 15.8. The molecule has 0 saturated heterocycles. The van der Waals surface area contributed by atoms with Crippen molar-refractivity contribution < 1.29 is 26.8 Å². The highest BCUT2D eigenvalue weighted by Crippen LogP contribution is 2.46. The topological polar surface area (TPSA) is 59.7 Å². The van der Waals surface area contributed by atoms with Crippen molar-refractivity contribution in [1.82, 2.24) is 10.5 Å². The molecule has 1 aliphatic rings. The molecule has 1 aromatic rings. The Morgan fingerprint density at radius 1 is 1.43 bits per heavy atom. The molecule has 0 amide bonds. The van der Waals surface area contributed by atoms with Crippen molar-refractivity contribution in [2.75, 3.05) is 7.11 Å². The quantitative estimate of drug-likeness (QED) is 0.689. The lowest BCUT2D eigenvalue weighted by molar-refractivity contribution is -0.137. The molecule has 0 fully saturated rings. The van der Waals surface area contributed by atoms with Gasteiger partial charge in [0, 0.05) is 7.11 Å². The Kier molecular flexibility index (Phi) is 3.79. The summed E-state index contributed by atoms with van der Waals surface area (Å²) < 4.78 is 63.6. The van der Waals surface area contributed by atoms with Gasteiger partial charge >= 0.3 is 6.18 Å². The Labute approximate surface area is 117 Å². The summed E-state index contributed by atoms with van der Waals surface area (Å²) in [4.78, 5) is 3.04. The molecular formula is C12H13F4N3O2. The lowest BCUT2D eigenvalue weighted by Gasteiger charge is -2.37. The number of hydrogen-bond donors (Lipinski definition) is 1. The summed E-state index contributed by atoms with van der Waals surface area (Å²) in [7, 11) is 1.04. The van der Waals surface area contributed by atoms with Crippen LogP contribution in [0.15, 0.2) is 21.0 Å². The minimum atomic E-state index is -4.99. The first kappa shape index (κ1) is 15.5. The molecule has 0 aromatic carbocycles. The number of aromatic nitrogens is 1. The molecule has 0 saturated carbocycles. The summed E-state index contributed by atoms with van der Waals surface area (Å²) in [6.45, 7) is 3.12. The first-order valence-electron chi connectivity index (χ1n) is 6.06. The number of nitrogens with zero attached hydrogens (tertiary/aromatic N) is 2. The van der Waals surface area contributed by atoms with Gasteiger partial charge in [0.1, 0.15) is 11.3 Å². The summed E-state index contributed by atoms with van der Waals surface area (Å²) in [6.07, 6.45) is -3.87. The number of nitrogens with one attached hydrogen (secondary N) is 1. The second-order valence-electron chi connectivity index (χ2n) is 4.37. The summed E-state index contributed by atoms with van der Waals surface area (Å²) in [6, 6.07) is 0. The van der Waals surface area contributed by atoms with Crippen molar-refractivity contribution in [3.8, 4) is 0 Å². The highest BCUT2D eigenvalue weighted by Gasteiger charge is 2.56. The molecule has 5 nitrogen and oxygen atoms in total. The molecule has 21 heavy (non-hydrogen) atoms. The van der Waals surface area contributed by atoms with Crippen LogP contribution in [0, 0.1) is 6.92 Å². The monoisotopic (exact) mass is 307 g/mol. The number of hydrogen-bond acceptors (Lipinski definition) is 5. The third-order valence-corrected chi connectivity index (χ3v) is 3.21. The van der Waals surface area contributed by atoms with Crippen LogP contribution in [0.1, 0.15) is 23.9 Å². The maximum Gasteiger partial charge on any atom is 0.422 e. The van der Waals surface area contributed by atoms with Gasteiger partial charge in [-0.3, -0.25) is 0 Å². The van der Waals surface area contributed by atoms with E-state index in [9.17, 15) is 17.6 Å². The molecule has 9 heteroatoms. The average Bonchev–Trinajstić information content (AvgIpc) is 2.78. The molecule has 2 heterocycles. The molecular weight excluding hydrogens is 294 g/mol. The lowest BCUT2D eigenvalue weighted by Crippen LogP contribution is -2.51. The van der Waals surface area contributed by atoms with Gasteiger partial charge in [-0.25, -0.2) is 4.99 Å². The minimum Gasteiger partial charge on any atom is -0.361 e. The highest BCUT2D eigenvalue weighted by molar-refractivity contribution is 5.63. The van der Waals surface area contributed by atoms with Gasteiger partial charge in [-0.05, 0) is 13.3 Å². The molecule has 1 N–H and O–H groups in total. The number of aliphatic imine (C=N–C) groups is 1. The molecule has 2 rings (SSSR count). The fourth-order valence-corrected chi connectivity index (χ4v) is 2.35. The van der Waals surface area contributed by atoms with Gasteiger partial charge in [0.2, 0.25) is 11.7 Å². The Hall–Kier alpha value is -1.90. The third kappa shape index (κ3) is 2.31. The van der Waals surface area contributed by atoms with Gasteiger partial charge in [-0.2, -0.15) is 17.6 Å². The van der Waals surface area contributed by atoms with E-state index in [-0.39, 0.29) is 17.0 Å². The largest absolute Gasteiger partial charge is 0.422 e. The van der Waals surface area contributed by atoms with E-state index in [2.05, 4.69) is 15.5 Å². The van der Waals surface area contributed by atoms with Gasteiger partial charge in [0.05, 0.1) is 17.6 Å². The molecule has 0 bridgehead atoms. The Morgan fingerprint density at radius 3 is 2.62 bits per heavy atom. The van der Waals surface area contributed by atoms with Crippen molar-refractivity contribution in [3.05, 3.63) is 28.5 Å². The van der Waals surface area contributed by atoms with Crippen LogP contribution in [0.3, 0.4) is 0 Å². The fourth-order valence-electron chi connectivity index (χ4n) is 2.35. The maximum atomic E-state index is 13.8. The minimum absolute atomic E-state index is 0.00104. The van der Waals surface area contributed by atoms with E-state index < -0.39 is 23.4 Å². The average molecular weight is 307 g/mol. The summed E-state index contributed by atoms with van der Waals surface area (Å²) >= 11 is 0. The first-order valence-corrected chi connectivity index (χ1v) is 6.06. The van der Waals surface area contributed by atoms with Crippen molar-refractivity contribution in [2.45, 2.75) is 32.2 Å². The number of ether oxygens (including phenoxy) is 1. The van der Waals surface area contributed by atoms with Crippen LogP contribution in [-0.2, 0) is 16.9 Å². The predicted octanol–water partition coefficient (Wildman–Crippen LogP) is 2.72. The predicted molar refractivity (Wildman–Crippen MR) is 65.1 cm³/mol. The van der Waals surface area contributed by atoms with Crippen LogP contribution in [0.25, 0.3) is 0 Å². The Balaban J connectivity index is 2.76. The summed E-state index contributed by atoms with van der Waals surface area (Å²) in [5.74, 6) is -1.56. The van der Waals surface area contributed by atoms with Gasteiger partial charge in [0.25, 0.3) is 0 Å². The molecule has 116 valence electrons. The van der Waals surface area contributed by atoms with Gasteiger partial charge in [-0.1, -0.05) is 12.1 Å². The van der Waals surface area contributed by atoms with Crippen LogP contribution in [0.4, 0.5) is 17.6 Å². The second kappa shape index (κ2) is 5.14. The fraction of sp³-hybridized carbons (Fsp3) is 0.500. The zero-order valence-corrected chi connectivity index (χ0v) is 11.5. The Morgan fingerprint density at radius 2 is 2.10 bits per heavy atom. The van der Waals surface area contributed by atoms with E-state index in [4.69, 9.17) is 9.26 Å². The lowest BCUT2D eigenvalue weighted by atomic mass is 9.90. The van der Waals surface area contributed by atoms with Gasteiger partial charge < -0.3 is 14.6 Å². The van der Waals surface area contributed by atoms with Crippen LogP contribution in [0.5, 0.6) is 0 Å². The SMILES string of the molecule is CCc1noc(C)c1C1(OC)NC=NC(F)=C1C(F)(F)F. The van der Waals surface area contributed by atoms with Crippen LogP contribution < -0.4 is 5.32 Å². The van der Waals surface area contributed by atoms with Crippen molar-refractivity contribution >= 4 is 6.34 Å². The zero-order valence-electron chi connectivity index (χ0n) is 11.5. The summed E-state index contributed by atoms with van der Waals surface area (Å²) in [5, 5.41) is 6.05. The number of rotatable bonds is 3. The van der Waals surface area contributed by atoms with E-state index in [1.54, 1.807) is 6.92 Å². The normalized spacial score (nSPS) is 22.6. The second-order valence-corrected chi connectivity index (χ2v) is 4.37. The van der Waals surface area contributed by atoms with Gasteiger partial charge in [0.15, 0.2) is 0 Å². The molecule has 0 spiro atoms. The first-order chi connectivity index (χ1) is 9.78. The van der Waals surface area contributed by atoms with E-state index in [0.717, 1.165) is 13.4 Å². The van der Waals surface area contributed by atoms with E-state index in [1.165, 1.54) is 6.92 Å². The van der Waals surface area contributed by atoms with Crippen LogP contribution in [0.2, 0.25) is 0 Å². The van der Waals surface area contributed by atoms with E-state index in [0.29, 0.717) is 6.42 Å².